The molecule has 0 radical (unpaired) electrons. The van der Waals surface area contributed by atoms with Crippen molar-refractivity contribution in [2.75, 3.05) is 5.73 Å². The van der Waals surface area contributed by atoms with Crippen molar-refractivity contribution in [2.24, 2.45) is 0 Å². The molecule has 0 aliphatic carbocycles. The van der Waals surface area contributed by atoms with Crippen LogP contribution in [0.2, 0.25) is 0 Å². The van der Waals surface area contributed by atoms with Crippen molar-refractivity contribution in [2.45, 2.75) is 33.6 Å². The molecule has 17 heavy (non-hydrogen) atoms. The zero-order valence-electron chi connectivity index (χ0n) is 10.8. The molecule has 0 aliphatic rings. The van der Waals surface area contributed by atoms with E-state index in [1.54, 1.807) is 0 Å². The zero-order valence-corrected chi connectivity index (χ0v) is 10.8. The molecular weight excluding hydrogens is 210 g/mol. The molecule has 0 atom stereocenters. The Morgan fingerprint density at radius 1 is 1.12 bits per heavy atom. The van der Waals surface area contributed by atoms with E-state index in [2.05, 4.69) is 56.1 Å². The minimum atomic E-state index is 0.365. The zero-order chi connectivity index (χ0) is 12.6. The van der Waals surface area contributed by atoms with Gasteiger partial charge < -0.3 is 5.73 Å². The number of aromatic nitrogens is 2. The lowest BCUT2D eigenvalue weighted by atomic mass is 9.96. The summed E-state index contributed by atoms with van der Waals surface area (Å²) >= 11 is 0. The molecular formula is C14H19N3. The van der Waals surface area contributed by atoms with E-state index < -0.39 is 0 Å². The molecule has 3 nitrogen and oxygen atoms in total. The number of hydrogen-bond donors (Lipinski definition) is 2. The number of anilines is 1. The van der Waals surface area contributed by atoms with E-state index in [-0.39, 0.29) is 0 Å². The number of hydrogen-bond acceptors (Lipinski definition) is 2. The predicted octanol–water partition coefficient (Wildman–Crippen LogP) is 3.40. The highest BCUT2D eigenvalue weighted by atomic mass is 15.2. The lowest BCUT2D eigenvalue weighted by Gasteiger charge is -2.09. The molecule has 0 bridgehead atoms. The van der Waals surface area contributed by atoms with E-state index in [1.165, 1.54) is 11.1 Å². The first kappa shape index (κ1) is 11.7. The fourth-order valence-electron chi connectivity index (χ4n) is 2.29. The molecule has 1 aromatic heterocycles. The van der Waals surface area contributed by atoms with Gasteiger partial charge in [-0.1, -0.05) is 31.0 Å². The first-order valence-electron chi connectivity index (χ1n) is 5.91. The van der Waals surface area contributed by atoms with E-state index in [4.69, 9.17) is 5.73 Å². The molecule has 90 valence electrons. The van der Waals surface area contributed by atoms with E-state index in [0.29, 0.717) is 11.7 Å². The number of nitrogens with two attached hydrogens (primary N) is 1. The van der Waals surface area contributed by atoms with Gasteiger partial charge in [-0.05, 0) is 31.9 Å². The molecule has 3 heteroatoms. The third kappa shape index (κ3) is 2.18. The molecule has 0 unspecified atom stereocenters. The predicted molar refractivity (Wildman–Crippen MR) is 72.0 cm³/mol. The molecule has 0 saturated carbocycles. The van der Waals surface area contributed by atoms with Crippen molar-refractivity contribution in [1.29, 1.82) is 0 Å². The van der Waals surface area contributed by atoms with Gasteiger partial charge in [-0.3, -0.25) is 5.10 Å². The summed E-state index contributed by atoms with van der Waals surface area (Å²) < 4.78 is 0. The minimum Gasteiger partial charge on any atom is -0.382 e. The smallest absolute Gasteiger partial charge is 0.149 e. The van der Waals surface area contributed by atoms with Crippen molar-refractivity contribution in [3.63, 3.8) is 0 Å². The maximum absolute atomic E-state index is 5.91. The Morgan fingerprint density at radius 2 is 1.71 bits per heavy atom. The van der Waals surface area contributed by atoms with Crippen LogP contribution in [0, 0.1) is 13.8 Å². The summed E-state index contributed by atoms with van der Waals surface area (Å²) in [6.45, 7) is 8.47. The maximum Gasteiger partial charge on any atom is 0.149 e. The lowest BCUT2D eigenvalue weighted by Crippen LogP contribution is -1.95. The molecule has 2 aromatic rings. The van der Waals surface area contributed by atoms with Crippen molar-refractivity contribution in [1.82, 2.24) is 10.2 Å². The fourth-order valence-corrected chi connectivity index (χ4v) is 2.29. The van der Waals surface area contributed by atoms with Gasteiger partial charge in [0.2, 0.25) is 0 Å². The van der Waals surface area contributed by atoms with Crippen LogP contribution in [0.5, 0.6) is 0 Å². The van der Waals surface area contributed by atoms with Gasteiger partial charge >= 0.3 is 0 Å². The number of nitrogens with zero attached hydrogens (tertiary/aromatic N) is 1. The number of benzene rings is 1. The van der Waals surface area contributed by atoms with Crippen LogP contribution in [0.15, 0.2) is 18.2 Å². The minimum absolute atomic E-state index is 0.365. The van der Waals surface area contributed by atoms with Gasteiger partial charge in [0.1, 0.15) is 5.82 Å². The Bertz CT molecular complexity index is 518. The molecule has 0 saturated heterocycles. The Balaban J connectivity index is 2.60. The average Bonchev–Trinajstić information content (AvgIpc) is 2.58. The Hall–Kier alpha value is -1.77. The quantitative estimate of drug-likeness (QED) is 0.829. The second-order valence-corrected chi connectivity index (χ2v) is 4.93. The molecule has 1 aromatic carbocycles. The number of aromatic amines is 1. The van der Waals surface area contributed by atoms with Crippen molar-refractivity contribution in [3.8, 4) is 11.3 Å². The molecule has 2 rings (SSSR count). The number of rotatable bonds is 2. The number of aryl methyl sites for hydroxylation is 2. The van der Waals surface area contributed by atoms with Gasteiger partial charge in [0.15, 0.2) is 0 Å². The molecule has 0 fully saturated rings. The van der Waals surface area contributed by atoms with Gasteiger partial charge in [-0.2, -0.15) is 5.10 Å². The Morgan fingerprint density at radius 3 is 2.24 bits per heavy atom. The van der Waals surface area contributed by atoms with Gasteiger partial charge in [0, 0.05) is 11.1 Å². The summed E-state index contributed by atoms with van der Waals surface area (Å²) in [5, 5.41) is 7.18. The first-order valence-corrected chi connectivity index (χ1v) is 5.91. The largest absolute Gasteiger partial charge is 0.382 e. The van der Waals surface area contributed by atoms with Crippen molar-refractivity contribution >= 4 is 5.82 Å². The molecule has 0 amide bonds. The summed E-state index contributed by atoms with van der Waals surface area (Å²) in [5.74, 6) is 0.971. The number of nitrogens with one attached hydrogen (secondary N) is 1. The second-order valence-electron chi connectivity index (χ2n) is 4.93. The summed E-state index contributed by atoms with van der Waals surface area (Å²) in [6, 6.07) is 6.48. The number of nitrogen functional groups attached to an aromatic ring is 1. The van der Waals surface area contributed by atoms with Crippen molar-refractivity contribution < 1.29 is 0 Å². The van der Waals surface area contributed by atoms with Crippen LogP contribution < -0.4 is 5.73 Å². The van der Waals surface area contributed by atoms with Gasteiger partial charge in [0.25, 0.3) is 0 Å². The van der Waals surface area contributed by atoms with Crippen molar-refractivity contribution in [3.05, 3.63) is 34.9 Å². The SMILES string of the molecule is Cc1cc(C)cc(-c2[nH]nc(N)c2C(C)C)c1. The van der Waals surface area contributed by atoms with E-state index in [1.807, 2.05) is 0 Å². The topological polar surface area (TPSA) is 54.7 Å². The monoisotopic (exact) mass is 229 g/mol. The summed E-state index contributed by atoms with van der Waals surface area (Å²) in [7, 11) is 0. The third-order valence-electron chi connectivity index (χ3n) is 2.92. The Kier molecular flexibility index (Phi) is 2.92. The average molecular weight is 229 g/mol. The van der Waals surface area contributed by atoms with E-state index in [9.17, 15) is 0 Å². The molecule has 0 aliphatic heterocycles. The number of H-pyrrole nitrogens is 1. The van der Waals surface area contributed by atoms with Crippen LogP contribution in [0.1, 0.15) is 36.5 Å². The van der Waals surface area contributed by atoms with Gasteiger partial charge in [-0.15, -0.1) is 0 Å². The van der Waals surface area contributed by atoms with Crippen LogP contribution >= 0.6 is 0 Å². The lowest BCUT2D eigenvalue weighted by molar-refractivity contribution is 0.873. The van der Waals surface area contributed by atoms with E-state index >= 15 is 0 Å². The van der Waals surface area contributed by atoms with Crippen LogP contribution in [-0.4, -0.2) is 10.2 Å². The molecule has 0 spiro atoms. The highest BCUT2D eigenvalue weighted by Gasteiger charge is 2.15. The normalized spacial score (nSPS) is 11.1. The molecule has 1 heterocycles. The molecule has 3 N–H and O–H groups in total. The highest BCUT2D eigenvalue weighted by molar-refractivity contribution is 5.70. The van der Waals surface area contributed by atoms with Crippen LogP contribution in [0.3, 0.4) is 0 Å². The summed E-state index contributed by atoms with van der Waals surface area (Å²) in [4.78, 5) is 0. The fraction of sp³-hybridized carbons (Fsp3) is 0.357. The second kappa shape index (κ2) is 4.24. The van der Waals surface area contributed by atoms with Crippen LogP contribution in [0.4, 0.5) is 5.82 Å². The highest BCUT2D eigenvalue weighted by Crippen LogP contribution is 2.32. The summed E-state index contributed by atoms with van der Waals surface area (Å²) in [6.07, 6.45) is 0. The third-order valence-corrected chi connectivity index (χ3v) is 2.92. The van der Waals surface area contributed by atoms with Gasteiger partial charge in [0.05, 0.1) is 5.69 Å². The first-order chi connectivity index (χ1) is 7.99. The van der Waals surface area contributed by atoms with E-state index in [0.717, 1.165) is 16.8 Å². The summed E-state index contributed by atoms with van der Waals surface area (Å²) in [5.41, 5.74) is 11.7. The van der Waals surface area contributed by atoms with Crippen LogP contribution in [-0.2, 0) is 0 Å². The van der Waals surface area contributed by atoms with Gasteiger partial charge in [-0.25, -0.2) is 0 Å². The standard InChI is InChI=1S/C14H19N3/c1-8(2)12-13(16-17-14(12)15)11-6-9(3)5-10(4)7-11/h5-8H,1-4H3,(H3,15,16,17). The van der Waals surface area contributed by atoms with Crippen LogP contribution in [0.25, 0.3) is 11.3 Å². The maximum atomic E-state index is 5.91. The Labute approximate surface area is 102 Å².